The Bertz CT molecular complexity index is 645. The third-order valence-electron chi connectivity index (χ3n) is 4.86. The summed E-state index contributed by atoms with van der Waals surface area (Å²) in [4.78, 5) is 29.0. The van der Waals surface area contributed by atoms with Gasteiger partial charge in [0.15, 0.2) is 0 Å². The Morgan fingerprint density at radius 3 is 1.59 bits per heavy atom. The average Bonchev–Trinajstić information content (AvgIpc) is 2.71. The Morgan fingerprint density at radius 2 is 1.26 bits per heavy atom. The van der Waals surface area contributed by atoms with Crippen LogP contribution >= 0.6 is 0 Å². The molecule has 144 valence electrons. The highest BCUT2D eigenvalue weighted by atomic mass is 16.5. The molecule has 4 heteroatoms. The van der Waals surface area contributed by atoms with E-state index in [1.807, 2.05) is 19.1 Å². The van der Waals surface area contributed by atoms with E-state index in [4.69, 9.17) is 14.3 Å². The monoisotopic (exact) mass is 368 g/mol. The van der Waals surface area contributed by atoms with Gasteiger partial charge in [-0.25, -0.2) is 0 Å². The van der Waals surface area contributed by atoms with Gasteiger partial charge >= 0.3 is 12.1 Å². The highest BCUT2D eigenvalue weighted by Gasteiger charge is 2.37. The third kappa shape index (κ3) is 7.59. The van der Waals surface area contributed by atoms with E-state index in [9.17, 15) is 4.79 Å². The zero-order chi connectivity index (χ0) is 20.0. The van der Waals surface area contributed by atoms with Crippen molar-refractivity contribution in [2.24, 2.45) is 5.41 Å². The first-order valence-electron chi connectivity index (χ1n) is 9.36. The first-order chi connectivity index (χ1) is 13.1. The molecule has 0 unspecified atom stereocenters. The van der Waals surface area contributed by atoms with E-state index in [2.05, 4.69) is 55.5 Å². The molecule has 0 N–H and O–H groups in total. The van der Waals surface area contributed by atoms with Gasteiger partial charge in [0.25, 0.3) is 0 Å². The van der Waals surface area contributed by atoms with Crippen molar-refractivity contribution in [2.75, 3.05) is 6.61 Å². The van der Waals surface area contributed by atoms with Gasteiger partial charge in [-0.05, 0) is 50.2 Å². The van der Waals surface area contributed by atoms with Gasteiger partial charge in [0, 0.05) is 0 Å². The predicted molar refractivity (Wildman–Crippen MR) is 104 cm³/mol. The minimum absolute atomic E-state index is 0.0423. The molecule has 2 rings (SSSR count). The van der Waals surface area contributed by atoms with Gasteiger partial charge in [0.2, 0.25) is 0 Å². The van der Waals surface area contributed by atoms with Crippen molar-refractivity contribution in [1.82, 2.24) is 0 Å². The highest BCUT2D eigenvalue weighted by molar-refractivity contribution is 5.76. The lowest BCUT2D eigenvalue weighted by Gasteiger charge is -2.30. The van der Waals surface area contributed by atoms with Crippen LogP contribution in [0.15, 0.2) is 60.7 Å². The summed E-state index contributed by atoms with van der Waals surface area (Å²) in [5.74, 6) is -0.0423. The largest absolute Gasteiger partial charge is 0.466 e. The summed E-state index contributed by atoms with van der Waals surface area (Å²) in [5, 5.41) is 0. The van der Waals surface area contributed by atoms with Gasteiger partial charge in [-0.15, -0.1) is 0 Å². The second kappa shape index (κ2) is 12.6. The summed E-state index contributed by atoms with van der Waals surface area (Å²) < 4.78 is 5.44. The first-order valence-corrected chi connectivity index (χ1v) is 9.36. The van der Waals surface area contributed by atoms with E-state index in [1.165, 1.54) is 11.1 Å². The highest BCUT2D eigenvalue weighted by Crippen LogP contribution is 2.35. The smallest absolute Gasteiger partial charge is 0.373 e. The van der Waals surface area contributed by atoms with E-state index in [-0.39, 0.29) is 12.1 Å². The van der Waals surface area contributed by atoms with Crippen LogP contribution in [0, 0.1) is 5.41 Å². The number of ether oxygens (including phenoxy) is 1. The molecule has 0 radical (unpaired) electrons. The molecule has 0 amide bonds. The minimum atomic E-state index is -0.401. The second-order valence-electron chi connectivity index (χ2n) is 6.41. The molecule has 0 heterocycles. The quantitative estimate of drug-likeness (QED) is 0.606. The van der Waals surface area contributed by atoms with E-state index in [1.54, 1.807) is 0 Å². The number of carbonyl (C=O) groups is 1. The standard InChI is InChI=1S/C22H28O2.CO2/c1-3-22(21(23)24-4-2,17-15-19-11-7-5-8-12-19)18-16-20-13-9-6-10-14-20;2-1-3/h5-14H,3-4,15-18H2,1-2H3;. The Labute approximate surface area is 161 Å². The Hall–Kier alpha value is -2.71. The van der Waals surface area contributed by atoms with Gasteiger partial charge < -0.3 is 4.74 Å². The predicted octanol–water partition coefficient (Wildman–Crippen LogP) is 4.63. The fourth-order valence-corrected chi connectivity index (χ4v) is 3.17. The van der Waals surface area contributed by atoms with Crippen molar-refractivity contribution in [2.45, 2.75) is 46.0 Å². The summed E-state index contributed by atoms with van der Waals surface area (Å²) in [6.07, 6.45) is 4.54. The number of esters is 1. The first kappa shape index (κ1) is 22.3. The number of hydrogen-bond acceptors (Lipinski definition) is 4. The molecular weight excluding hydrogens is 340 g/mol. The molecule has 2 aromatic rings. The van der Waals surface area contributed by atoms with Crippen LogP contribution in [0.1, 0.15) is 44.2 Å². The lowest BCUT2D eigenvalue weighted by molar-refractivity contribution is -0.191. The summed E-state index contributed by atoms with van der Waals surface area (Å²) in [5.41, 5.74) is 2.15. The van der Waals surface area contributed by atoms with Crippen LogP contribution in [0.25, 0.3) is 0 Å². The molecule has 2 aromatic carbocycles. The maximum atomic E-state index is 12.7. The molecule has 0 fully saturated rings. The van der Waals surface area contributed by atoms with Crippen molar-refractivity contribution in [3.05, 3.63) is 71.8 Å². The van der Waals surface area contributed by atoms with Gasteiger partial charge in [0.1, 0.15) is 0 Å². The van der Waals surface area contributed by atoms with Crippen molar-refractivity contribution in [3.8, 4) is 0 Å². The molecule has 0 aliphatic carbocycles. The Balaban J connectivity index is 0.00000114. The molecule has 4 nitrogen and oxygen atoms in total. The lowest BCUT2D eigenvalue weighted by atomic mass is 9.75. The molecule has 0 atom stereocenters. The van der Waals surface area contributed by atoms with Crippen molar-refractivity contribution in [1.29, 1.82) is 0 Å². The van der Waals surface area contributed by atoms with Gasteiger partial charge in [-0.3, -0.25) is 4.79 Å². The second-order valence-corrected chi connectivity index (χ2v) is 6.41. The third-order valence-corrected chi connectivity index (χ3v) is 4.86. The fourth-order valence-electron chi connectivity index (χ4n) is 3.17. The summed E-state index contributed by atoms with van der Waals surface area (Å²) >= 11 is 0. The zero-order valence-corrected chi connectivity index (χ0v) is 16.1. The normalized spacial score (nSPS) is 10.3. The minimum Gasteiger partial charge on any atom is -0.466 e. The van der Waals surface area contributed by atoms with Crippen LogP contribution in [-0.4, -0.2) is 18.7 Å². The van der Waals surface area contributed by atoms with Gasteiger partial charge in [-0.1, -0.05) is 67.6 Å². The van der Waals surface area contributed by atoms with Crippen LogP contribution in [0.4, 0.5) is 0 Å². The molecule has 0 aliphatic rings. The summed E-state index contributed by atoms with van der Waals surface area (Å²) in [6.45, 7) is 4.43. The number of hydrogen-bond donors (Lipinski definition) is 0. The average molecular weight is 368 g/mol. The number of benzene rings is 2. The van der Waals surface area contributed by atoms with Crippen LogP contribution in [-0.2, 0) is 32.0 Å². The lowest BCUT2D eigenvalue weighted by Crippen LogP contribution is -2.34. The summed E-state index contributed by atoms with van der Waals surface area (Å²) in [7, 11) is 0. The molecule has 27 heavy (non-hydrogen) atoms. The maximum absolute atomic E-state index is 12.7. The van der Waals surface area contributed by atoms with Crippen LogP contribution in [0.2, 0.25) is 0 Å². The summed E-state index contributed by atoms with van der Waals surface area (Å²) in [6, 6.07) is 20.8. The number of rotatable bonds is 9. The van der Waals surface area contributed by atoms with E-state index < -0.39 is 5.41 Å². The molecule has 0 aliphatic heterocycles. The number of aryl methyl sites for hydroxylation is 2. The van der Waals surface area contributed by atoms with Crippen molar-refractivity contribution >= 4 is 12.1 Å². The van der Waals surface area contributed by atoms with Crippen molar-refractivity contribution in [3.63, 3.8) is 0 Å². The van der Waals surface area contributed by atoms with E-state index in [0.29, 0.717) is 6.61 Å². The van der Waals surface area contributed by atoms with Crippen molar-refractivity contribution < 1.29 is 19.1 Å². The van der Waals surface area contributed by atoms with E-state index in [0.717, 1.165) is 32.1 Å². The van der Waals surface area contributed by atoms with Crippen LogP contribution in [0.5, 0.6) is 0 Å². The maximum Gasteiger partial charge on any atom is 0.373 e. The molecule has 0 saturated carbocycles. The number of carbonyl (C=O) groups excluding carboxylic acids is 3. The molecule has 0 spiro atoms. The van der Waals surface area contributed by atoms with Gasteiger partial charge in [0.05, 0.1) is 12.0 Å². The fraction of sp³-hybridized carbons (Fsp3) is 0.391. The Morgan fingerprint density at radius 1 is 0.852 bits per heavy atom. The topological polar surface area (TPSA) is 60.4 Å². The van der Waals surface area contributed by atoms with Gasteiger partial charge in [-0.2, -0.15) is 9.59 Å². The molecule has 0 bridgehead atoms. The van der Waals surface area contributed by atoms with Crippen LogP contribution in [0.3, 0.4) is 0 Å². The Kier molecular flexibility index (Phi) is 10.4. The molecule has 0 saturated heterocycles. The van der Waals surface area contributed by atoms with Crippen LogP contribution < -0.4 is 0 Å². The SMILES string of the molecule is CCOC(=O)C(CC)(CCc1ccccc1)CCc1ccccc1.O=C=O. The van der Waals surface area contributed by atoms with E-state index >= 15 is 0 Å². The zero-order valence-electron chi connectivity index (χ0n) is 16.1. The molecular formula is C23H28O4. The molecule has 0 aromatic heterocycles.